The van der Waals surface area contributed by atoms with Gasteiger partial charge in [0.1, 0.15) is 7.05 Å². The molecule has 0 unspecified atom stereocenters. The Morgan fingerprint density at radius 1 is 1.10 bits per heavy atom. The molecule has 3 nitrogen and oxygen atoms in total. The normalized spacial score (nSPS) is 10.8. The SMILES string of the molecule is COc1cc2cc(C)[n+](C)c(CCCCl)c2cc1OC. The second kappa shape index (κ2) is 6.31. The molecule has 0 fully saturated rings. The summed E-state index contributed by atoms with van der Waals surface area (Å²) in [5, 5.41) is 2.36. The molecule has 20 heavy (non-hydrogen) atoms. The second-order valence-corrected chi connectivity index (χ2v) is 5.26. The quantitative estimate of drug-likeness (QED) is 0.624. The first kappa shape index (κ1) is 14.9. The first-order chi connectivity index (χ1) is 9.62. The van der Waals surface area contributed by atoms with Crippen molar-refractivity contribution in [3.8, 4) is 11.5 Å². The number of pyridine rings is 1. The summed E-state index contributed by atoms with van der Waals surface area (Å²) < 4.78 is 13.0. The maximum atomic E-state index is 5.85. The molecule has 0 N–H and O–H groups in total. The lowest BCUT2D eigenvalue weighted by molar-refractivity contribution is -0.683. The summed E-state index contributed by atoms with van der Waals surface area (Å²) in [7, 11) is 5.42. The monoisotopic (exact) mass is 294 g/mol. The van der Waals surface area contributed by atoms with Gasteiger partial charge in [0.25, 0.3) is 0 Å². The molecule has 0 saturated heterocycles. The predicted molar refractivity (Wildman–Crippen MR) is 82.0 cm³/mol. The van der Waals surface area contributed by atoms with Crippen LogP contribution in [0.4, 0.5) is 0 Å². The Hall–Kier alpha value is -1.48. The lowest BCUT2D eigenvalue weighted by Gasteiger charge is -2.12. The molecule has 0 amide bonds. The van der Waals surface area contributed by atoms with Crippen LogP contribution in [0.5, 0.6) is 11.5 Å². The second-order valence-electron chi connectivity index (χ2n) is 4.88. The summed E-state index contributed by atoms with van der Waals surface area (Å²) in [6, 6.07) is 6.25. The molecule has 0 aliphatic heterocycles. The molecule has 108 valence electrons. The summed E-state index contributed by atoms with van der Waals surface area (Å²) in [6.45, 7) is 2.11. The van der Waals surface area contributed by atoms with E-state index in [2.05, 4.69) is 30.7 Å². The van der Waals surface area contributed by atoms with Crippen LogP contribution in [-0.4, -0.2) is 20.1 Å². The van der Waals surface area contributed by atoms with Gasteiger partial charge in [-0.05, 0) is 23.9 Å². The minimum atomic E-state index is 0.669. The first-order valence-electron chi connectivity index (χ1n) is 6.72. The topological polar surface area (TPSA) is 22.3 Å². The summed E-state index contributed by atoms with van der Waals surface area (Å²) in [5.74, 6) is 2.19. The lowest BCUT2D eigenvalue weighted by atomic mass is 10.0. The Labute approximate surface area is 125 Å². The zero-order chi connectivity index (χ0) is 14.7. The van der Waals surface area contributed by atoms with E-state index in [4.69, 9.17) is 21.1 Å². The fraction of sp³-hybridized carbons (Fsp3) is 0.438. The van der Waals surface area contributed by atoms with Gasteiger partial charge in [-0.15, -0.1) is 11.6 Å². The number of aryl methyl sites for hydroxylation is 2. The molecule has 0 spiro atoms. The Morgan fingerprint density at radius 3 is 2.35 bits per heavy atom. The third kappa shape index (κ3) is 2.68. The number of ether oxygens (including phenoxy) is 2. The van der Waals surface area contributed by atoms with E-state index in [0.29, 0.717) is 5.88 Å². The van der Waals surface area contributed by atoms with E-state index in [1.807, 2.05) is 6.07 Å². The third-order valence-electron chi connectivity index (χ3n) is 3.71. The van der Waals surface area contributed by atoms with Gasteiger partial charge in [-0.3, -0.25) is 0 Å². The van der Waals surface area contributed by atoms with Crippen LogP contribution in [0.2, 0.25) is 0 Å². The highest BCUT2D eigenvalue weighted by Crippen LogP contribution is 2.33. The van der Waals surface area contributed by atoms with Crippen molar-refractivity contribution in [1.29, 1.82) is 0 Å². The van der Waals surface area contributed by atoms with Gasteiger partial charge in [-0.1, -0.05) is 0 Å². The highest BCUT2D eigenvalue weighted by Gasteiger charge is 2.18. The molecule has 2 rings (SSSR count). The third-order valence-corrected chi connectivity index (χ3v) is 3.98. The van der Waals surface area contributed by atoms with Gasteiger partial charge < -0.3 is 9.47 Å². The van der Waals surface area contributed by atoms with Gasteiger partial charge in [0.2, 0.25) is 0 Å². The Kier molecular flexibility index (Phi) is 4.71. The van der Waals surface area contributed by atoms with E-state index in [1.54, 1.807) is 14.2 Å². The Bertz CT molecular complexity index is 626. The summed E-state index contributed by atoms with van der Waals surface area (Å²) in [5.41, 5.74) is 2.50. The van der Waals surface area contributed by atoms with E-state index in [1.165, 1.54) is 22.2 Å². The standard InChI is InChI=1S/C16H21ClNO2/c1-11-8-12-9-15(19-3)16(20-4)10-13(12)14(18(11)2)6-5-7-17/h8-10H,5-7H2,1-4H3/q+1. The molecule has 0 atom stereocenters. The van der Waals surface area contributed by atoms with Crippen molar-refractivity contribution in [2.24, 2.45) is 7.05 Å². The van der Waals surface area contributed by atoms with Gasteiger partial charge in [0.05, 0.1) is 19.6 Å². The average molecular weight is 295 g/mol. The number of aromatic nitrogens is 1. The van der Waals surface area contributed by atoms with E-state index in [-0.39, 0.29) is 0 Å². The van der Waals surface area contributed by atoms with Gasteiger partial charge in [0, 0.05) is 25.3 Å². The fourth-order valence-electron chi connectivity index (χ4n) is 2.52. The molecule has 0 saturated carbocycles. The average Bonchev–Trinajstić information content (AvgIpc) is 2.46. The van der Waals surface area contributed by atoms with Gasteiger partial charge in [-0.2, -0.15) is 0 Å². The largest absolute Gasteiger partial charge is 0.493 e. The van der Waals surface area contributed by atoms with Crippen LogP contribution < -0.4 is 14.0 Å². The molecular formula is C16H21ClNO2+. The van der Waals surface area contributed by atoms with Crippen molar-refractivity contribution < 1.29 is 14.0 Å². The van der Waals surface area contributed by atoms with Crippen molar-refractivity contribution in [2.45, 2.75) is 19.8 Å². The number of halogens is 1. The smallest absolute Gasteiger partial charge is 0.189 e. The number of fused-ring (bicyclic) bond motifs is 1. The van der Waals surface area contributed by atoms with Gasteiger partial charge in [0.15, 0.2) is 22.9 Å². The van der Waals surface area contributed by atoms with Crippen molar-refractivity contribution in [3.63, 3.8) is 0 Å². The number of hydrogen-bond acceptors (Lipinski definition) is 2. The van der Waals surface area contributed by atoms with Crippen LogP contribution in [0.3, 0.4) is 0 Å². The van der Waals surface area contributed by atoms with Crippen LogP contribution >= 0.6 is 11.6 Å². The van der Waals surface area contributed by atoms with Crippen molar-refractivity contribution in [3.05, 3.63) is 29.6 Å². The minimum absolute atomic E-state index is 0.669. The highest BCUT2D eigenvalue weighted by atomic mass is 35.5. The highest BCUT2D eigenvalue weighted by molar-refractivity contribution is 6.17. The fourth-order valence-corrected chi connectivity index (χ4v) is 2.65. The molecule has 0 radical (unpaired) electrons. The summed E-state index contributed by atoms with van der Waals surface area (Å²) >= 11 is 5.85. The zero-order valence-corrected chi connectivity index (χ0v) is 13.3. The van der Waals surface area contributed by atoms with Crippen LogP contribution in [0.25, 0.3) is 10.8 Å². The van der Waals surface area contributed by atoms with E-state index < -0.39 is 0 Å². The lowest BCUT2D eigenvalue weighted by Crippen LogP contribution is -2.37. The van der Waals surface area contributed by atoms with Crippen LogP contribution in [0.1, 0.15) is 17.8 Å². The van der Waals surface area contributed by atoms with Gasteiger partial charge in [-0.25, -0.2) is 4.57 Å². The molecule has 2 aromatic rings. The number of alkyl halides is 1. The molecular weight excluding hydrogens is 274 g/mol. The Balaban J connectivity index is 2.70. The van der Waals surface area contributed by atoms with E-state index >= 15 is 0 Å². The van der Waals surface area contributed by atoms with E-state index in [0.717, 1.165) is 24.3 Å². The molecule has 1 aromatic heterocycles. The zero-order valence-electron chi connectivity index (χ0n) is 12.5. The number of benzene rings is 1. The van der Waals surface area contributed by atoms with E-state index in [9.17, 15) is 0 Å². The Morgan fingerprint density at radius 2 is 1.75 bits per heavy atom. The number of methoxy groups -OCH3 is 2. The molecule has 0 aliphatic carbocycles. The minimum Gasteiger partial charge on any atom is -0.493 e. The summed E-state index contributed by atoms with van der Waals surface area (Å²) in [4.78, 5) is 0. The molecule has 4 heteroatoms. The number of hydrogen-bond donors (Lipinski definition) is 0. The molecule has 1 heterocycles. The van der Waals surface area contributed by atoms with Crippen molar-refractivity contribution in [2.75, 3.05) is 20.1 Å². The molecule has 0 bridgehead atoms. The van der Waals surface area contributed by atoms with Crippen molar-refractivity contribution in [1.82, 2.24) is 0 Å². The maximum absolute atomic E-state index is 5.85. The van der Waals surface area contributed by atoms with Gasteiger partial charge >= 0.3 is 0 Å². The predicted octanol–water partition coefficient (Wildman–Crippen LogP) is 3.16. The number of rotatable bonds is 5. The maximum Gasteiger partial charge on any atom is 0.189 e. The molecule has 0 aliphatic rings. The number of nitrogens with zero attached hydrogens (tertiary/aromatic N) is 1. The van der Waals surface area contributed by atoms with Crippen molar-refractivity contribution >= 4 is 22.4 Å². The van der Waals surface area contributed by atoms with Crippen LogP contribution in [0.15, 0.2) is 18.2 Å². The first-order valence-corrected chi connectivity index (χ1v) is 7.26. The van der Waals surface area contributed by atoms with Crippen LogP contribution in [-0.2, 0) is 13.5 Å². The molecule has 1 aromatic carbocycles. The van der Waals surface area contributed by atoms with Crippen LogP contribution in [0, 0.1) is 6.92 Å². The summed E-state index contributed by atoms with van der Waals surface area (Å²) in [6.07, 6.45) is 1.91.